The van der Waals surface area contributed by atoms with E-state index < -0.39 is 5.38 Å². The number of nitriles is 1. The molecular weight excluding hydrogens is 152 g/mol. The molecule has 0 aromatic heterocycles. The molecule has 0 aliphatic rings. The molecule has 1 amide bonds. The average Bonchev–Trinajstić information content (AvgIpc) is 1.98. The summed E-state index contributed by atoms with van der Waals surface area (Å²) in [4.78, 5) is 10.7. The van der Waals surface area contributed by atoms with Gasteiger partial charge in [0.25, 0.3) is 0 Å². The van der Waals surface area contributed by atoms with Gasteiger partial charge in [0, 0.05) is 0 Å². The molecule has 4 heteroatoms. The molecule has 0 aromatic carbocycles. The lowest BCUT2D eigenvalue weighted by Gasteiger charge is -2.03. The molecule has 0 aliphatic heterocycles. The van der Waals surface area contributed by atoms with Gasteiger partial charge >= 0.3 is 0 Å². The normalized spacial score (nSPS) is 11.7. The van der Waals surface area contributed by atoms with Crippen LogP contribution in [0.2, 0.25) is 0 Å². The van der Waals surface area contributed by atoms with Crippen LogP contribution >= 0.6 is 11.6 Å². The molecule has 1 atom stereocenters. The van der Waals surface area contributed by atoms with Crippen LogP contribution in [0.3, 0.4) is 0 Å². The first kappa shape index (κ1) is 9.25. The number of hydrogen-bond acceptors (Lipinski definition) is 2. The topological polar surface area (TPSA) is 52.9 Å². The van der Waals surface area contributed by atoms with Gasteiger partial charge in [0.15, 0.2) is 0 Å². The first-order valence-corrected chi connectivity index (χ1v) is 3.44. The molecule has 0 bridgehead atoms. The standard InChI is InChI=1S/C6H9ClN2O/c1-2-5(7)6(10)9-4-3-8/h5H,2,4H2,1H3,(H,9,10). The number of rotatable bonds is 3. The predicted molar refractivity (Wildman–Crippen MR) is 38.6 cm³/mol. The molecule has 0 rings (SSSR count). The number of carbonyl (C=O) groups is 1. The fourth-order valence-electron chi connectivity index (χ4n) is 0.423. The Hall–Kier alpha value is -0.750. The number of nitrogens with one attached hydrogen (secondary N) is 1. The van der Waals surface area contributed by atoms with Gasteiger partial charge in [0.05, 0.1) is 6.07 Å². The van der Waals surface area contributed by atoms with E-state index in [0.29, 0.717) is 6.42 Å². The maximum atomic E-state index is 10.7. The monoisotopic (exact) mass is 160 g/mol. The largest absolute Gasteiger partial charge is 0.342 e. The molecule has 1 N–H and O–H groups in total. The molecule has 0 saturated carbocycles. The van der Waals surface area contributed by atoms with Crippen molar-refractivity contribution in [2.24, 2.45) is 0 Å². The third kappa shape index (κ3) is 3.31. The van der Waals surface area contributed by atoms with Gasteiger partial charge in [-0.2, -0.15) is 5.26 Å². The highest BCUT2D eigenvalue weighted by Crippen LogP contribution is 1.99. The summed E-state index contributed by atoms with van der Waals surface area (Å²) in [5.74, 6) is -0.272. The summed E-state index contributed by atoms with van der Waals surface area (Å²) in [6, 6.07) is 1.79. The Morgan fingerprint density at radius 2 is 2.50 bits per heavy atom. The highest BCUT2D eigenvalue weighted by molar-refractivity contribution is 6.30. The average molecular weight is 161 g/mol. The number of hydrogen-bond donors (Lipinski definition) is 1. The number of halogens is 1. The number of nitrogens with zero attached hydrogens (tertiary/aromatic N) is 1. The van der Waals surface area contributed by atoms with Gasteiger partial charge in [-0.25, -0.2) is 0 Å². The second kappa shape index (κ2) is 5.07. The Bertz CT molecular complexity index is 152. The lowest BCUT2D eigenvalue weighted by molar-refractivity contribution is -0.120. The minimum absolute atomic E-state index is 0.0298. The SMILES string of the molecule is CCC(Cl)C(=O)NCC#N. The van der Waals surface area contributed by atoms with Crippen LogP contribution in [-0.2, 0) is 4.79 Å². The van der Waals surface area contributed by atoms with Gasteiger partial charge in [0.1, 0.15) is 11.9 Å². The summed E-state index contributed by atoms with van der Waals surface area (Å²) >= 11 is 5.53. The Kier molecular flexibility index (Phi) is 4.69. The minimum Gasteiger partial charge on any atom is -0.342 e. The van der Waals surface area contributed by atoms with Crippen molar-refractivity contribution in [1.29, 1.82) is 5.26 Å². The van der Waals surface area contributed by atoms with Crippen LogP contribution in [0.15, 0.2) is 0 Å². The van der Waals surface area contributed by atoms with Crippen molar-refractivity contribution in [2.45, 2.75) is 18.7 Å². The highest BCUT2D eigenvalue weighted by atomic mass is 35.5. The fourth-order valence-corrected chi connectivity index (χ4v) is 0.500. The quantitative estimate of drug-likeness (QED) is 0.487. The minimum atomic E-state index is -0.506. The van der Waals surface area contributed by atoms with Crippen molar-refractivity contribution in [3.05, 3.63) is 0 Å². The summed E-state index contributed by atoms with van der Waals surface area (Å²) in [6.07, 6.45) is 0.582. The zero-order valence-corrected chi connectivity index (χ0v) is 6.48. The Labute approximate surface area is 65.0 Å². The molecule has 0 aliphatic carbocycles. The fraction of sp³-hybridized carbons (Fsp3) is 0.667. The lowest BCUT2D eigenvalue weighted by atomic mass is 10.3. The third-order valence-electron chi connectivity index (χ3n) is 0.985. The van der Waals surface area contributed by atoms with Gasteiger partial charge in [0.2, 0.25) is 5.91 Å². The molecule has 0 aromatic rings. The van der Waals surface area contributed by atoms with Crippen LogP contribution in [0.4, 0.5) is 0 Å². The first-order chi connectivity index (χ1) is 4.72. The van der Waals surface area contributed by atoms with Crippen LogP contribution in [0, 0.1) is 11.3 Å². The van der Waals surface area contributed by atoms with Crippen LogP contribution in [0.25, 0.3) is 0 Å². The van der Waals surface area contributed by atoms with E-state index in [-0.39, 0.29) is 12.5 Å². The second-order valence-corrected chi connectivity index (χ2v) is 2.28. The van der Waals surface area contributed by atoms with Crippen LogP contribution in [0.5, 0.6) is 0 Å². The lowest BCUT2D eigenvalue weighted by Crippen LogP contribution is -2.31. The highest BCUT2D eigenvalue weighted by Gasteiger charge is 2.10. The second-order valence-electron chi connectivity index (χ2n) is 1.75. The maximum Gasteiger partial charge on any atom is 0.238 e. The third-order valence-corrected chi connectivity index (χ3v) is 1.49. The molecule has 0 spiro atoms. The molecule has 10 heavy (non-hydrogen) atoms. The molecule has 0 saturated heterocycles. The van der Waals surface area contributed by atoms with Gasteiger partial charge in [-0.3, -0.25) is 4.79 Å². The van der Waals surface area contributed by atoms with Gasteiger partial charge in [-0.1, -0.05) is 6.92 Å². The molecule has 0 heterocycles. The Morgan fingerprint density at radius 1 is 1.90 bits per heavy atom. The van der Waals surface area contributed by atoms with Gasteiger partial charge < -0.3 is 5.32 Å². The number of amides is 1. The number of carbonyl (C=O) groups excluding carboxylic acids is 1. The molecular formula is C6H9ClN2O. The maximum absolute atomic E-state index is 10.7. The van der Waals surface area contributed by atoms with Crippen molar-refractivity contribution in [3.8, 4) is 6.07 Å². The van der Waals surface area contributed by atoms with E-state index >= 15 is 0 Å². The summed E-state index contributed by atoms with van der Waals surface area (Å²) in [5.41, 5.74) is 0. The van der Waals surface area contributed by atoms with E-state index in [4.69, 9.17) is 16.9 Å². The van der Waals surface area contributed by atoms with Crippen molar-refractivity contribution in [3.63, 3.8) is 0 Å². The summed E-state index contributed by atoms with van der Waals surface area (Å²) in [7, 11) is 0. The van der Waals surface area contributed by atoms with Crippen molar-refractivity contribution < 1.29 is 4.79 Å². The Morgan fingerprint density at radius 3 is 2.90 bits per heavy atom. The van der Waals surface area contributed by atoms with E-state index in [0.717, 1.165) is 0 Å². The van der Waals surface area contributed by atoms with E-state index in [9.17, 15) is 4.79 Å². The zero-order chi connectivity index (χ0) is 7.98. The Balaban J connectivity index is 3.54. The molecule has 1 unspecified atom stereocenters. The van der Waals surface area contributed by atoms with Crippen molar-refractivity contribution in [2.75, 3.05) is 6.54 Å². The molecule has 0 fully saturated rings. The van der Waals surface area contributed by atoms with E-state index in [1.165, 1.54) is 0 Å². The van der Waals surface area contributed by atoms with Gasteiger partial charge in [-0.05, 0) is 6.42 Å². The molecule has 0 radical (unpaired) electrons. The van der Waals surface area contributed by atoms with Crippen molar-refractivity contribution in [1.82, 2.24) is 5.32 Å². The summed E-state index contributed by atoms with van der Waals surface area (Å²) in [6.45, 7) is 1.84. The number of alkyl halides is 1. The van der Waals surface area contributed by atoms with Crippen molar-refractivity contribution >= 4 is 17.5 Å². The van der Waals surface area contributed by atoms with Crippen LogP contribution in [-0.4, -0.2) is 17.8 Å². The summed E-state index contributed by atoms with van der Waals surface area (Å²) in [5, 5.41) is 9.91. The zero-order valence-electron chi connectivity index (χ0n) is 5.72. The molecule has 3 nitrogen and oxygen atoms in total. The van der Waals surface area contributed by atoms with E-state index in [1.54, 1.807) is 6.07 Å². The van der Waals surface area contributed by atoms with Gasteiger partial charge in [-0.15, -0.1) is 11.6 Å². The van der Waals surface area contributed by atoms with Crippen LogP contribution < -0.4 is 5.32 Å². The smallest absolute Gasteiger partial charge is 0.238 e. The first-order valence-electron chi connectivity index (χ1n) is 3.01. The molecule has 56 valence electrons. The summed E-state index contributed by atoms with van der Waals surface area (Å²) < 4.78 is 0. The van der Waals surface area contributed by atoms with Crippen LogP contribution in [0.1, 0.15) is 13.3 Å². The van der Waals surface area contributed by atoms with E-state index in [1.807, 2.05) is 6.92 Å². The predicted octanol–water partition coefficient (Wildman–Crippen LogP) is 0.644. The van der Waals surface area contributed by atoms with E-state index in [2.05, 4.69) is 5.32 Å².